The maximum absolute atomic E-state index is 13.7. The molecule has 0 spiro atoms. The average molecular weight is 252 g/mol. The maximum atomic E-state index is 13.7. The van der Waals surface area contributed by atoms with Crippen LogP contribution in [0.1, 0.15) is 11.6 Å². The summed E-state index contributed by atoms with van der Waals surface area (Å²) in [5.74, 6) is -1.45. The van der Waals surface area contributed by atoms with Gasteiger partial charge in [-0.15, -0.1) is 0 Å². The third-order valence-electron chi connectivity index (χ3n) is 3.34. The summed E-state index contributed by atoms with van der Waals surface area (Å²) >= 11 is 0. The molecular weight excluding hydrogens is 235 g/mol. The Balaban J connectivity index is 2.24. The van der Waals surface area contributed by atoms with Crippen molar-refractivity contribution in [2.75, 3.05) is 33.2 Å². The van der Waals surface area contributed by atoms with Gasteiger partial charge in [0.1, 0.15) is 11.9 Å². The molecule has 4 nitrogen and oxygen atoms in total. The number of carboxylic acids is 1. The van der Waals surface area contributed by atoms with Gasteiger partial charge in [-0.25, -0.2) is 4.39 Å². The number of benzene rings is 1. The minimum Gasteiger partial charge on any atom is -0.480 e. The highest BCUT2D eigenvalue weighted by molar-refractivity contribution is 5.75. The van der Waals surface area contributed by atoms with E-state index in [0.717, 1.165) is 13.1 Å². The number of likely N-dealkylation sites (N-methyl/N-ethyl adjacent to an activating group) is 1. The van der Waals surface area contributed by atoms with Crippen molar-refractivity contribution in [1.82, 2.24) is 9.80 Å². The Morgan fingerprint density at radius 3 is 2.44 bits per heavy atom. The zero-order valence-corrected chi connectivity index (χ0v) is 10.3. The smallest absolute Gasteiger partial charge is 0.325 e. The molecule has 1 aliphatic rings. The van der Waals surface area contributed by atoms with Crippen LogP contribution in [0.25, 0.3) is 0 Å². The topological polar surface area (TPSA) is 43.8 Å². The van der Waals surface area contributed by atoms with Gasteiger partial charge < -0.3 is 10.0 Å². The fourth-order valence-electron chi connectivity index (χ4n) is 2.26. The van der Waals surface area contributed by atoms with E-state index in [-0.39, 0.29) is 5.56 Å². The summed E-state index contributed by atoms with van der Waals surface area (Å²) in [5, 5.41) is 9.35. The molecule has 1 fully saturated rings. The number of nitrogens with zero attached hydrogens (tertiary/aromatic N) is 2. The molecule has 1 aliphatic heterocycles. The standard InChI is InChI=1S/C13H17FN2O2/c1-15-6-8-16(9-7-15)12(13(17)18)10-4-2-3-5-11(10)14/h2-5,12H,6-9H2,1H3,(H,17,18). The van der Waals surface area contributed by atoms with Crippen molar-refractivity contribution in [1.29, 1.82) is 0 Å². The second-order valence-electron chi connectivity index (χ2n) is 4.60. The second-order valence-corrected chi connectivity index (χ2v) is 4.60. The van der Waals surface area contributed by atoms with Gasteiger partial charge in [0, 0.05) is 31.7 Å². The fourth-order valence-corrected chi connectivity index (χ4v) is 2.26. The number of hydrogen-bond acceptors (Lipinski definition) is 3. The number of rotatable bonds is 3. The van der Waals surface area contributed by atoms with Crippen molar-refractivity contribution < 1.29 is 14.3 Å². The van der Waals surface area contributed by atoms with Crippen molar-refractivity contribution in [3.63, 3.8) is 0 Å². The highest BCUT2D eigenvalue weighted by Gasteiger charge is 2.31. The van der Waals surface area contributed by atoms with Crippen LogP contribution in [-0.4, -0.2) is 54.1 Å². The number of piperazine rings is 1. The number of hydrogen-bond donors (Lipinski definition) is 1. The van der Waals surface area contributed by atoms with Crippen LogP contribution in [0, 0.1) is 5.82 Å². The fraction of sp³-hybridized carbons (Fsp3) is 0.462. The molecule has 1 atom stereocenters. The van der Waals surface area contributed by atoms with Gasteiger partial charge in [0.25, 0.3) is 0 Å². The highest BCUT2D eigenvalue weighted by atomic mass is 19.1. The Hall–Kier alpha value is -1.46. The maximum Gasteiger partial charge on any atom is 0.325 e. The predicted molar refractivity (Wildman–Crippen MR) is 65.8 cm³/mol. The summed E-state index contributed by atoms with van der Waals surface area (Å²) in [6.07, 6.45) is 0. The van der Waals surface area contributed by atoms with Gasteiger partial charge in [0.15, 0.2) is 0 Å². The largest absolute Gasteiger partial charge is 0.480 e. The summed E-state index contributed by atoms with van der Waals surface area (Å²) in [7, 11) is 2.00. The Kier molecular flexibility index (Phi) is 3.93. The van der Waals surface area contributed by atoms with E-state index >= 15 is 0 Å². The lowest BCUT2D eigenvalue weighted by atomic mass is 10.0. The van der Waals surface area contributed by atoms with E-state index in [2.05, 4.69) is 4.90 Å². The molecular formula is C13H17FN2O2. The van der Waals surface area contributed by atoms with Crippen LogP contribution in [0.3, 0.4) is 0 Å². The predicted octanol–water partition coefficient (Wildman–Crippen LogP) is 1.20. The molecule has 0 saturated carbocycles. The third kappa shape index (κ3) is 2.68. The Morgan fingerprint density at radius 1 is 1.28 bits per heavy atom. The molecule has 1 aromatic rings. The van der Waals surface area contributed by atoms with E-state index in [1.807, 2.05) is 11.9 Å². The van der Waals surface area contributed by atoms with Crippen LogP contribution in [-0.2, 0) is 4.79 Å². The Morgan fingerprint density at radius 2 is 1.89 bits per heavy atom. The molecule has 0 aromatic heterocycles. The van der Waals surface area contributed by atoms with Crippen molar-refractivity contribution in [3.8, 4) is 0 Å². The summed E-state index contributed by atoms with van der Waals surface area (Å²) in [5.41, 5.74) is 0.245. The number of carboxylic acid groups (broad SMARTS) is 1. The van der Waals surface area contributed by atoms with Crippen LogP contribution in [0.15, 0.2) is 24.3 Å². The van der Waals surface area contributed by atoms with E-state index in [1.165, 1.54) is 6.07 Å². The van der Waals surface area contributed by atoms with Gasteiger partial charge in [-0.05, 0) is 13.1 Å². The first-order chi connectivity index (χ1) is 8.59. The molecule has 0 bridgehead atoms. The van der Waals surface area contributed by atoms with E-state index in [4.69, 9.17) is 0 Å². The normalized spacial score (nSPS) is 19.7. The molecule has 2 rings (SSSR count). The van der Waals surface area contributed by atoms with Crippen molar-refractivity contribution >= 4 is 5.97 Å². The molecule has 0 aliphatic carbocycles. The minimum absolute atomic E-state index is 0.245. The summed E-state index contributed by atoms with van der Waals surface area (Å²) in [6.45, 7) is 2.89. The SMILES string of the molecule is CN1CCN(C(C(=O)O)c2ccccc2F)CC1. The molecule has 1 aromatic carbocycles. The summed E-state index contributed by atoms with van der Waals surface area (Å²) in [4.78, 5) is 15.4. The van der Waals surface area contributed by atoms with Crippen molar-refractivity contribution in [2.45, 2.75) is 6.04 Å². The zero-order valence-electron chi connectivity index (χ0n) is 10.3. The van der Waals surface area contributed by atoms with Crippen LogP contribution in [0.5, 0.6) is 0 Å². The van der Waals surface area contributed by atoms with E-state index in [9.17, 15) is 14.3 Å². The van der Waals surface area contributed by atoms with Gasteiger partial charge in [-0.2, -0.15) is 0 Å². The summed E-state index contributed by atoms with van der Waals surface area (Å²) in [6, 6.07) is 5.21. The molecule has 0 radical (unpaired) electrons. The lowest BCUT2D eigenvalue weighted by Gasteiger charge is -2.36. The van der Waals surface area contributed by atoms with Gasteiger partial charge in [0.05, 0.1) is 0 Å². The van der Waals surface area contributed by atoms with Crippen LogP contribution in [0.2, 0.25) is 0 Å². The third-order valence-corrected chi connectivity index (χ3v) is 3.34. The molecule has 1 unspecified atom stereocenters. The minimum atomic E-state index is -0.996. The van der Waals surface area contributed by atoms with Gasteiger partial charge in [-0.3, -0.25) is 9.69 Å². The van der Waals surface area contributed by atoms with Crippen LogP contribution < -0.4 is 0 Å². The second kappa shape index (κ2) is 5.46. The molecule has 5 heteroatoms. The molecule has 98 valence electrons. The monoisotopic (exact) mass is 252 g/mol. The van der Waals surface area contributed by atoms with E-state index < -0.39 is 17.8 Å². The first-order valence-corrected chi connectivity index (χ1v) is 5.99. The summed E-state index contributed by atoms with van der Waals surface area (Å²) < 4.78 is 13.7. The zero-order chi connectivity index (χ0) is 13.1. The molecule has 0 amide bonds. The van der Waals surface area contributed by atoms with Gasteiger partial charge >= 0.3 is 5.97 Å². The number of carbonyl (C=O) groups is 1. The van der Waals surface area contributed by atoms with Gasteiger partial charge in [0.2, 0.25) is 0 Å². The first-order valence-electron chi connectivity index (χ1n) is 5.99. The molecule has 18 heavy (non-hydrogen) atoms. The van der Waals surface area contributed by atoms with Crippen LogP contribution in [0.4, 0.5) is 4.39 Å². The van der Waals surface area contributed by atoms with Crippen molar-refractivity contribution in [3.05, 3.63) is 35.6 Å². The molecule has 1 saturated heterocycles. The van der Waals surface area contributed by atoms with Crippen molar-refractivity contribution in [2.24, 2.45) is 0 Å². The lowest BCUT2D eigenvalue weighted by Crippen LogP contribution is -2.48. The lowest BCUT2D eigenvalue weighted by molar-refractivity contribution is -0.144. The highest BCUT2D eigenvalue weighted by Crippen LogP contribution is 2.24. The number of halogens is 1. The van der Waals surface area contributed by atoms with E-state index in [1.54, 1.807) is 18.2 Å². The first kappa shape index (κ1) is 13.0. The molecule has 1 N–H and O–H groups in total. The van der Waals surface area contributed by atoms with Gasteiger partial charge in [-0.1, -0.05) is 18.2 Å². The van der Waals surface area contributed by atoms with E-state index in [0.29, 0.717) is 13.1 Å². The quantitative estimate of drug-likeness (QED) is 0.878. The average Bonchev–Trinajstić information content (AvgIpc) is 2.34. The Labute approximate surface area is 106 Å². The Bertz CT molecular complexity index is 431. The van der Waals surface area contributed by atoms with Crippen LogP contribution >= 0.6 is 0 Å². The molecule has 1 heterocycles. The number of aliphatic carboxylic acids is 1.